The van der Waals surface area contributed by atoms with Gasteiger partial charge in [-0.25, -0.2) is 14.6 Å². The summed E-state index contributed by atoms with van der Waals surface area (Å²) in [5.74, 6) is 1.54. The van der Waals surface area contributed by atoms with Gasteiger partial charge in [-0.1, -0.05) is 0 Å². The van der Waals surface area contributed by atoms with E-state index in [0.717, 1.165) is 4.47 Å². The fraction of sp³-hybridized carbons (Fsp3) is 0.222. The van der Waals surface area contributed by atoms with Crippen LogP contribution in [0.15, 0.2) is 22.9 Å². The van der Waals surface area contributed by atoms with E-state index in [1.54, 1.807) is 30.3 Å². The zero-order chi connectivity index (χ0) is 11.5. The quantitative estimate of drug-likeness (QED) is 0.914. The Morgan fingerprint density at radius 1 is 1.50 bits per heavy atom. The maximum Gasteiger partial charge on any atom is 0.159 e. The Morgan fingerprint density at radius 3 is 2.94 bits per heavy atom. The summed E-state index contributed by atoms with van der Waals surface area (Å²) >= 11 is 3.31. The van der Waals surface area contributed by atoms with Crippen molar-refractivity contribution in [2.45, 2.75) is 6.61 Å². The smallest absolute Gasteiger partial charge is 0.159 e. The van der Waals surface area contributed by atoms with Crippen LogP contribution >= 0.6 is 15.9 Å². The van der Waals surface area contributed by atoms with Crippen molar-refractivity contribution in [3.63, 3.8) is 0 Å². The first kappa shape index (κ1) is 11.0. The number of anilines is 1. The first-order valence-electron chi connectivity index (χ1n) is 4.52. The number of aromatic nitrogens is 4. The highest BCUT2D eigenvalue weighted by atomic mass is 79.9. The Morgan fingerprint density at radius 2 is 2.31 bits per heavy atom. The molecule has 84 valence electrons. The highest BCUT2D eigenvalue weighted by Gasteiger charge is 2.05. The summed E-state index contributed by atoms with van der Waals surface area (Å²) in [5.41, 5.74) is 5.67. The lowest BCUT2D eigenvalue weighted by Crippen LogP contribution is -2.06. The minimum Gasteiger partial charge on any atom is -0.384 e. The third-order valence-electron chi connectivity index (χ3n) is 1.84. The van der Waals surface area contributed by atoms with Crippen molar-refractivity contribution < 1.29 is 4.74 Å². The minimum absolute atomic E-state index is 0.320. The zero-order valence-corrected chi connectivity index (χ0v) is 10.2. The Kier molecular flexibility index (Phi) is 3.16. The lowest BCUT2D eigenvalue weighted by molar-refractivity contribution is 0.178. The lowest BCUT2D eigenvalue weighted by atomic mass is 10.5. The number of nitrogen functional groups attached to an aromatic ring is 1. The van der Waals surface area contributed by atoms with Gasteiger partial charge in [-0.3, -0.25) is 0 Å². The van der Waals surface area contributed by atoms with Gasteiger partial charge in [-0.05, 0) is 15.9 Å². The van der Waals surface area contributed by atoms with E-state index in [0.29, 0.717) is 24.1 Å². The first-order chi connectivity index (χ1) is 7.69. The van der Waals surface area contributed by atoms with Crippen molar-refractivity contribution in [2.75, 3.05) is 12.8 Å². The molecule has 0 amide bonds. The van der Waals surface area contributed by atoms with Crippen LogP contribution in [0.3, 0.4) is 0 Å². The Bertz CT molecular complexity index is 498. The molecule has 0 saturated heterocycles. The second kappa shape index (κ2) is 4.58. The van der Waals surface area contributed by atoms with Crippen molar-refractivity contribution in [1.29, 1.82) is 0 Å². The molecule has 0 spiro atoms. The number of methoxy groups -OCH3 is 1. The number of halogens is 1. The van der Waals surface area contributed by atoms with Gasteiger partial charge < -0.3 is 10.5 Å². The third-order valence-corrected chi connectivity index (χ3v) is 2.25. The highest BCUT2D eigenvalue weighted by molar-refractivity contribution is 9.10. The Hall–Kier alpha value is -1.47. The summed E-state index contributed by atoms with van der Waals surface area (Å²) in [5, 5.41) is 4.11. The topological polar surface area (TPSA) is 78.9 Å². The standard InChI is InChI=1S/C9H10BrN5O/c1-16-5-8-13-7(11)2-9(14-8)15-4-6(10)3-12-15/h2-4H,5H2,1H3,(H2,11,13,14). The third kappa shape index (κ3) is 2.37. The molecule has 0 aliphatic carbocycles. The molecular formula is C9H10BrN5O. The van der Waals surface area contributed by atoms with E-state index < -0.39 is 0 Å². The zero-order valence-electron chi connectivity index (χ0n) is 8.59. The maximum absolute atomic E-state index is 5.67. The molecule has 16 heavy (non-hydrogen) atoms. The molecule has 0 aromatic carbocycles. The van der Waals surface area contributed by atoms with Crippen LogP contribution in [0.5, 0.6) is 0 Å². The maximum atomic E-state index is 5.67. The number of ether oxygens (including phenoxy) is 1. The monoisotopic (exact) mass is 283 g/mol. The number of hydrogen-bond donors (Lipinski definition) is 1. The molecule has 0 fully saturated rings. The molecule has 0 radical (unpaired) electrons. The summed E-state index contributed by atoms with van der Waals surface area (Å²) in [6.07, 6.45) is 3.46. The number of hydrogen-bond acceptors (Lipinski definition) is 5. The normalized spacial score (nSPS) is 10.6. The van der Waals surface area contributed by atoms with Gasteiger partial charge in [-0.15, -0.1) is 0 Å². The molecule has 2 rings (SSSR count). The predicted octanol–water partition coefficient (Wildman–Crippen LogP) is 1.15. The fourth-order valence-corrected chi connectivity index (χ4v) is 1.53. The molecule has 0 atom stereocenters. The predicted molar refractivity (Wildman–Crippen MR) is 62.0 cm³/mol. The molecule has 2 heterocycles. The van der Waals surface area contributed by atoms with Gasteiger partial charge in [0.2, 0.25) is 0 Å². The van der Waals surface area contributed by atoms with Crippen LogP contribution in [0.4, 0.5) is 5.82 Å². The van der Waals surface area contributed by atoms with Crippen LogP contribution in [-0.2, 0) is 11.3 Å². The van der Waals surface area contributed by atoms with E-state index in [1.165, 1.54) is 0 Å². The van der Waals surface area contributed by atoms with Gasteiger partial charge in [0, 0.05) is 19.4 Å². The summed E-state index contributed by atoms with van der Waals surface area (Å²) in [6, 6.07) is 1.65. The van der Waals surface area contributed by atoms with Crippen LogP contribution in [0, 0.1) is 0 Å². The van der Waals surface area contributed by atoms with E-state index in [2.05, 4.69) is 31.0 Å². The number of nitrogens with zero attached hydrogens (tertiary/aromatic N) is 4. The highest BCUT2D eigenvalue weighted by Crippen LogP contribution is 2.12. The largest absolute Gasteiger partial charge is 0.384 e. The fourth-order valence-electron chi connectivity index (χ4n) is 1.24. The molecule has 2 aromatic rings. The van der Waals surface area contributed by atoms with E-state index in [1.807, 2.05) is 0 Å². The van der Waals surface area contributed by atoms with Crippen LogP contribution in [0.1, 0.15) is 5.82 Å². The molecule has 6 nitrogen and oxygen atoms in total. The molecule has 2 aromatic heterocycles. The van der Waals surface area contributed by atoms with E-state index >= 15 is 0 Å². The van der Waals surface area contributed by atoms with E-state index in [-0.39, 0.29) is 0 Å². The van der Waals surface area contributed by atoms with Crippen LogP contribution in [0.25, 0.3) is 5.82 Å². The van der Waals surface area contributed by atoms with Gasteiger partial charge in [0.15, 0.2) is 11.6 Å². The van der Waals surface area contributed by atoms with Crippen molar-refractivity contribution in [2.24, 2.45) is 0 Å². The van der Waals surface area contributed by atoms with Crippen molar-refractivity contribution in [3.8, 4) is 5.82 Å². The molecular weight excluding hydrogens is 274 g/mol. The summed E-state index contributed by atoms with van der Waals surface area (Å²) in [4.78, 5) is 8.32. The molecule has 0 bridgehead atoms. The molecule has 7 heteroatoms. The van der Waals surface area contributed by atoms with Crippen LogP contribution in [-0.4, -0.2) is 26.9 Å². The first-order valence-corrected chi connectivity index (χ1v) is 5.31. The number of rotatable bonds is 3. The van der Waals surface area contributed by atoms with Crippen LogP contribution in [0.2, 0.25) is 0 Å². The molecule has 0 aliphatic rings. The minimum atomic E-state index is 0.320. The molecule has 0 aliphatic heterocycles. The second-order valence-corrected chi connectivity index (χ2v) is 4.02. The van der Waals surface area contributed by atoms with E-state index in [9.17, 15) is 0 Å². The van der Waals surface area contributed by atoms with Gasteiger partial charge in [0.1, 0.15) is 12.4 Å². The van der Waals surface area contributed by atoms with Gasteiger partial charge in [0.05, 0.1) is 10.7 Å². The summed E-state index contributed by atoms with van der Waals surface area (Å²) in [6.45, 7) is 0.320. The molecule has 0 unspecified atom stereocenters. The second-order valence-electron chi connectivity index (χ2n) is 3.10. The average Bonchev–Trinajstić information content (AvgIpc) is 2.64. The average molecular weight is 284 g/mol. The SMILES string of the molecule is COCc1nc(N)cc(-n2cc(Br)cn2)n1. The van der Waals surface area contributed by atoms with Crippen molar-refractivity contribution >= 4 is 21.7 Å². The Labute approximate surface area is 101 Å². The van der Waals surface area contributed by atoms with Gasteiger partial charge in [-0.2, -0.15) is 5.10 Å². The summed E-state index contributed by atoms with van der Waals surface area (Å²) < 4.78 is 7.44. The van der Waals surface area contributed by atoms with Gasteiger partial charge >= 0.3 is 0 Å². The molecule has 2 N–H and O–H groups in total. The van der Waals surface area contributed by atoms with E-state index in [4.69, 9.17) is 10.5 Å². The van der Waals surface area contributed by atoms with Crippen molar-refractivity contribution in [3.05, 3.63) is 28.8 Å². The number of nitrogens with two attached hydrogens (primary N) is 1. The molecule has 0 saturated carbocycles. The van der Waals surface area contributed by atoms with Crippen molar-refractivity contribution in [1.82, 2.24) is 19.7 Å². The Balaban J connectivity index is 2.40. The van der Waals surface area contributed by atoms with Gasteiger partial charge in [0.25, 0.3) is 0 Å². The summed E-state index contributed by atoms with van der Waals surface area (Å²) in [7, 11) is 1.58. The van der Waals surface area contributed by atoms with Crippen LogP contribution < -0.4 is 5.73 Å². The lowest BCUT2D eigenvalue weighted by Gasteiger charge is -2.04.